The van der Waals surface area contributed by atoms with Crippen molar-refractivity contribution in [1.29, 1.82) is 0 Å². The molecule has 0 aliphatic carbocycles. The van der Waals surface area contributed by atoms with E-state index in [1.165, 1.54) is 0 Å². The maximum atomic E-state index is 11.5. The van der Waals surface area contributed by atoms with Crippen molar-refractivity contribution in [3.05, 3.63) is 29.8 Å². The number of hydroxylamine groups is 1. The van der Waals surface area contributed by atoms with Crippen molar-refractivity contribution in [1.82, 2.24) is 4.76 Å². The van der Waals surface area contributed by atoms with Crippen molar-refractivity contribution >= 4 is 29.2 Å². The molecule has 0 spiro atoms. The number of rotatable bonds is 3. The van der Waals surface area contributed by atoms with E-state index in [4.69, 9.17) is 15.7 Å². The highest BCUT2D eigenvalue weighted by atomic mass is 16.8. The Morgan fingerprint density at radius 2 is 1.90 bits per heavy atom. The molecule has 0 saturated heterocycles. The maximum absolute atomic E-state index is 11.5. The molecule has 1 atom stereocenters. The minimum absolute atomic E-state index is 0.0579. The molecule has 3 N–H and O–H groups in total. The van der Waals surface area contributed by atoms with Gasteiger partial charge in [-0.3, -0.25) is 4.79 Å². The first-order valence-corrected chi connectivity index (χ1v) is 6.15. The lowest BCUT2D eigenvalue weighted by Crippen LogP contribution is -2.51. The number of carboxylic acids is 1. The van der Waals surface area contributed by atoms with Gasteiger partial charge in [-0.25, -0.2) is 14.4 Å². The smallest absolute Gasteiger partial charge is 0.473 e. The van der Waals surface area contributed by atoms with Crippen molar-refractivity contribution < 1.29 is 24.3 Å². The van der Waals surface area contributed by atoms with Gasteiger partial charge in [0, 0.05) is 10.8 Å². The number of para-hydroxylation sites is 1. The van der Waals surface area contributed by atoms with E-state index in [0.29, 0.717) is 11.3 Å². The van der Waals surface area contributed by atoms with Gasteiger partial charge in [-0.15, -0.1) is 0 Å². The molecule has 21 heavy (non-hydrogen) atoms. The average Bonchev–Trinajstić information content (AvgIpc) is 2.75. The van der Waals surface area contributed by atoms with E-state index in [0.717, 1.165) is 0 Å². The number of carbonyl (C=O) groups is 3. The van der Waals surface area contributed by atoms with Gasteiger partial charge in [0.15, 0.2) is 6.04 Å². The predicted octanol–water partition coefficient (Wildman–Crippen LogP) is 0.148. The molecule has 1 heterocycles. The zero-order valence-corrected chi connectivity index (χ0v) is 11.4. The van der Waals surface area contributed by atoms with Crippen LogP contribution in [0.2, 0.25) is 0 Å². The van der Waals surface area contributed by atoms with Crippen LogP contribution in [0.4, 0.5) is 5.69 Å². The van der Waals surface area contributed by atoms with Gasteiger partial charge in [-0.2, -0.15) is 0 Å². The topological polar surface area (TPSA) is 119 Å². The third-order valence-electron chi connectivity index (χ3n) is 3.08. The second-order valence-corrected chi connectivity index (χ2v) is 4.73. The molecule has 2 rings (SSSR count). The standard InChI is InChI=1S/C13H13N3O5/c1-7(2)16(21-13(20)12(18)19)9-6-4-3-5-8(9)10(15-16)11(14)17/h3-7H,1-2H3,(H2-,14,17,18,19)/p+1. The molecule has 0 radical (unpaired) electrons. The zero-order chi connectivity index (χ0) is 15.8. The Morgan fingerprint density at radius 3 is 2.43 bits per heavy atom. The summed E-state index contributed by atoms with van der Waals surface area (Å²) in [4.78, 5) is 38.8. The lowest BCUT2D eigenvalue weighted by Gasteiger charge is -2.28. The molecule has 0 fully saturated rings. The summed E-state index contributed by atoms with van der Waals surface area (Å²) in [7, 11) is 0. The summed E-state index contributed by atoms with van der Waals surface area (Å²) in [5.41, 5.74) is 6.03. The number of hydrogen-bond acceptors (Lipinski definition) is 5. The number of carbonyl (C=O) groups excluding carboxylic acids is 2. The Kier molecular flexibility index (Phi) is 3.48. The van der Waals surface area contributed by atoms with Gasteiger partial charge < -0.3 is 10.8 Å². The lowest BCUT2D eigenvalue weighted by atomic mass is 10.1. The highest BCUT2D eigenvalue weighted by Crippen LogP contribution is 2.37. The van der Waals surface area contributed by atoms with Crippen LogP contribution >= 0.6 is 0 Å². The van der Waals surface area contributed by atoms with Crippen LogP contribution in [0, 0.1) is 0 Å². The summed E-state index contributed by atoms with van der Waals surface area (Å²) in [5.74, 6) is -3.99. The predicted molar refractivity (Wildman–Crippen MR) is 72.8 cm³/mol. The Bertz CT molecular complexity index is 668. The quantitative estimate of drug-likeness (QED) is 0.607. The summed E-state index contributed by atoms with van der Waals surface area (Å²) in [5, 5.41) is 12.8. The van der Waals surface area contributed by atoms with Crippen LogP contribution in [-0.4, -0.2) is 34.7 Å². The molecular formula is C13H14N3O5+. The van der Waals surface area contributed by atoms with Gasteiger partial charge in [0.1, 0.15) is 0 Å². The third kappa shape index (κ3) is 2.25. The number of carboxylic acid groups (broad SMARTS) is 1. The van der Waals surface area contributed by atoms with Gasteiger partial charge in [0.25, 0.3) is 5.91 Å². The van der Waals surface area contributed by atoms with Crippen molar-refractivity contribution in [2.24, 2.45) is 10.8 Å². The molecule has 1 unspecified atom stereocenters. The highest BCUT2D eigenvalue weighted by molar-refractivity contribution is 6.46. The molecule has 1 aliphatic rings. The fraction of sp³-hybridized carbons (Fsp3) is 0.231. The number of primary amides is 1. The first kappa shape index (κ1) is 14.7. The van der Waals surface area contributed by atoms with E-state index >= 15 is 0 Å². The summed E-state index contributed by atoms with van der Waals surface area (Å²) >= 11 is 0. The normalized spacial score (nSPS) is 19.9. The van der Waals surface area contributed by atoms with Crippen molar-refractivity contribution in [2.45, 2.75) is 19.9 Å². The van der Waals surface area contributed by atoms with E-state index in [2.05, 4.69) is 5.10 Å². The molecule has 1 amide bonds. The summed E-state index contributed by atoms with van der Waals surface area (Å²) in [6, 6.07) is 6.10. The van der Waals surface area contributed by atoms with Crippen molar-refractivity contribution in [3.8, 4) is 0 Å². The minimum atomic E-state index is -1.74. The van der Waals surface area contributed by atoms with Gasteiger partial charge in [-0.05, 0) is 25.0 Å². The van der Waals surface area contributed by atoms with Crippen molar-refractivity contribution in [3.63, 3.8) is 0 Å². The summed E-state index contributed by atoms with van der Waals surface area (Å²) in [6.07, 6.45) is 0. The van der Waals surface area contributed by atoms with E-state index in [1.54, 1.807) is 38.1 Å². The van der Waals surface area contributed by atoms with Crippen LogP contribution < -0.4 is 10.5 Å². The fourth-order valence-electron chi connectivity index (χ4n) is 2.13. The van der Waals surface area contributed by atoms with Gasteiger partial charge in [-0.1, -0.05) is 12.1 Å². The Morgan fingerprint density at radius 1 is 1.29 bits per heavy atom. The molecule has 0 bridgehead atoms. The summed E-state index contributed by atoms with van der Waals surface area (Å²) in [6.45, 7) is 3.36. The largest absolute Gasteiger partial charge is 0.478 e. The van der Waals surface area contributed by atoms with Gasteiger partial charge in [0.2, 0.25) is 11.4 Å². The third-order valence-corrected chi connectivity index (χ3v) is 3.08. The van der Waals surface area contributed by atoms with E-state index in [1.807, 2.05) is 0 Å². The molecule has 1 aromatic carbocycles. The Hall–Kier alpha value is -2.74. The van der Waals surface area contributed by atoms with E-state index in [-0.39, 0.29) is 5.71 Å². The highest BCUT2D eigenvalue weighted by Gasteiger charge is 2.50. The molecule has 8 nitrogen and oxygen atoms in total. The molecule has 0 saturated carbocycles. The van der Waals surface area contributed by atoms with Crippen molar-refractivity contribution in [2.75, 3.05) is 0 Å². The Balaban J connectivity index is 2.64. The number of nitrogens with two attached hydrogens (primary N) is 1. The average molecular weight is 292 g/mol. The Labute approximate surface area is 120 Å². The molecule has 8 heteroatoms. The number of aliphatic carboxylic acids is 1. The second kappa shape index (κ2) is 4.98. The molecule has 1 aliphatic heterocycles. The monoisotopic (exact) mass is 292 g/mol. The molecule has 110 valence electrons. The number of benzene rings is 1. The molecule has 0 aromatic heterocycles. The van der Waals surface area contributed by atoms with Crippen LogP contribution in [0.15, 0.2) is 29.4 Å². The number of amides is 1. The van der Waals surface area contributed by atoms with Gasteiger partial charge >= 0.3 is 11.9 Å². The van der Waals surface area contributed by atoms with Gasteiger partial charge in [0.05, 0.1) is 5.56 Å². The maximum Gasteiger partial charge on any atom is 0.478 e. The number of fused-ring (bicyclic) bond motifs is 1. The zero-order valence-electron chi connectivity index (χ0n) is 11.4. The summed E-state index contributed by atoms with van der Waals surface area (Å²) < 4.78 is -0.764. The fourth-order valence-corrected chi connectivity index (χ4v) is 2.13. The SMILES string of the molecule is CC(C)[N+]1(OC(=O)C(=O)O)N=C(C(N)=O)c2ccccc21. The second-order valence-electron chi connectivity index (χ2n) is 4.73. The lowest BCUT2D eigenvalue weighted by molar-refractivity contribution is -0.199. The van der Waals surface area contributed by atoms with Crippen LogP contribution in [0.3, 0.4) is 0 Å². The molecular weight excluding hydrogens is 278 g/mol. The van der Waals surface area contributed by atoms with Crippen LogP contribution in [0.1, 0.15) is 19.4 Å². The minimum Gasteiger partial charge on any atom is -0.473 e. The number of quaternary nitrogens is 1. The van der Waals surface area contributed by atoms with Crippen LogP contribution in [0.25, 0.3) is 0 Å². The first-order valence-electron chi connectivity index (χ1n) is 6.15. The van der Waals surface area contributed by atoms with Crippen LogP contribution in [0.5, 0.6) is 0 Å². The van der Waals surface area contributed by atoms with Crippen LogP contribution in [-0.2, 0) is 19.2 Å². The van der Waals surface area contributed by atoms with E-state index in [9.17, 15) is 14.4 Å². The van der Waals surface area contributed by atoms with E-state index < -0.39 is 28.6 Å². The number of nitrogens with zero attached hydrogens (tertiary/aromatic N) is 2. The first-order chi connectivity index (χ1) is 9.79. The molecule has 1 aromatic rings. The number of hydrogen-bond donors (Lipinski definition) is 2.